The predicted molar refractivity (Wildman–Crippen MR) is 86.4 cm³/mol. The molecule has 0 saturated carbocycles. The lowest BCUT2D eigenvalue weighted by molar-refractivity contribution is 0.0951. The molecule has 5 heteroatoms. The summed E-state index contributed by atoms with van der Waals surface area (Å²) in [5.41, 5.74) is 1.46. The maximum absolute atomic E-state index is 12.0. The van der Waals surface area contributed by atoms with Crippen molar-refractivity contribution in [3.63, 3.8) is 0 Å². The number of methoxy groups -OCH3 is 1. The van der Waals surface area contributed by atoms with E-state index in [-0.39, 0.29) is 5.91 Å². The SMILES string of the molecule is COCCOc1ccc(CNC(=O)c2ccccc2Cl)cc1. The Hall–Kier alpha value is -2.04. The highest BCUT2D eigenvalue weighted by Gasteiger charge is 2.08. The van der Waals surface area contributed by atoms with Crippen LogP contribution in [0.3, 0.4) is 0 Å². The van der Waals surface area contributed by atoms with E-state index < -0.39 is 0 Å². The summed E-state index contributed by atoms with van der Waals surface area (Å²) < 4.78 is 10.4. The summed E-state index contributed by atoms with van der Waals surface area (Å²) >= 11 is 5.99. The van der Waals surface area contributed by atoms with Crippen LogP contribution in [0.2, 0.25) is 5.02 Å². The van der Waals surface area contributed by atoms with Crippen LogP contribution in [0.4, 0.5) is 0 Å². The van der Waals surface area contributed by atoms with E-state index in [4.69, 9.17) is 21.1 Å². The summed E-state index contributed by atoms with van der Waals surface area (Å²) in [7, 11) is 1.63. The second kappa shape index (κ2) is 8.41. The molecule has 0 bridgehead atoms. The molecule has 0 aliphatic rings. The van der Waals surface area contributed by atoms with Crippen LogP contribution in [0, 0.1) is 0 Å². The van der Waals surface area contributed by atoms with E-state index >= 15 is 0 Å². The van der Waals surface area contributed by atoms with Crippen molar-refractivity contribution in [2.45, 2.75) is 6.54 Å². The molecule has 1 amide bonds. The van der Waals surface area contributed by atoms with Gasteiger partial charge in [0, 0.05) is 13.7 Å². The fourth-order valence-electron chi connectivity index (χ4n) is 1.87. The molecule has 0 heterocycles. The van der Waals surface area contributed by atoms with Crippen molar-refractivity contribution >= 4 is 17.5 Å². The largest absolute Gasteiger partial charge is 0.491 e. The zero-order chi connectivity index (χ0) is 15.8. The average molecular weight is 320 g/mol. The lowest BCUT2D eigenvalue weighted by Crippen LogP contribution is -2.23. The van der Waals surface area contributed by atoms with Crippen molar-refractivity contribution in [2.75, 3.05) is 20.3 Å². The topological polar surface area (TPSA) is 47.6 Å². The van der Waals surface area contributed by atoms with E-state index in [1.54, 1.807) is 31.4 Å². The minimum absolute atomic E-state index is 0.189. The van der Waals surface area contributed by atoms with Crippen LogP contribution in [0.25, 0.3) is 0 Å². The highest BCUT2D eigenvalue weighted by molar-refractivity contribution is 6.33. The number of carbonyl (C=O) groups excluding carboxylic acids is 1. The molecule has 2 rings (SSSR count). The average Bonchev–Trinajstić information content (AvgIpc) is 2.54. The molecule has 116 valence electrons. The summed E-state index contributed by atoms with van der Waals surface area (Å²) in [5, 5.41) is 3.29. The van der Waals surface area contributed by atoms with Gasteiger partial charge in [-0.15, -0.1) is 0 Å². The van der Waals surface area contributed by atoms with E-state index in [9.17, 15) is 4.79 Å². The van der Waals surface area contributed by atoms with E-state index in [2.05, 4.69) is 5.32 Å². The first-order valence-electron chi connectivity index (χ1n) is 6.94. The number of carbonyl (C=O) groups is 1. The van der Waals surface area contributed by atoms with Crippen molar-refractivity contribution in [2.24, 2.45) is 0 Å². The second-order valence-electron chi connectivity index (χ2n) is 4.65. The van der Waals surface area contributed by atoms with Gasteiger partial charge in [0.15, 0.2) is 0 Å². The van der Waals surface area contributed by atoms with Gasteiger partial charge in [0.25, 0.3) is 5.91 Å². The molecule has 0 aliphatic carbocycles. The molecule has 2 aromatic carbocycles. The number of ether oxygens (including phenoxy) is 2. The van der Waals surface area contributed by atoms with Gasteiger partial charge in [0.2, 0.25) is 0 Å². The minimum atomic E-state index is -0.189. The predicted octanol–water partition coefficient (Wildman–Crippen LogP) is 3.30. The Labute approximate surface area is 135 Å². The highest BCUT2D eigenvalue weighted by atomic mass is 35.5. The fourth-order valence-corrected chi connectivity index (χ4v) is 2.09. The van der Waals surface area contributed by atoms with E-state index in [0.29, 0.717) is 30.3 Å². The first-order valence-corrected chi connectivity index (χ1v) is 7.32. The third-order valence-corrected chi connectivity index (χ3v) is 3.38. The molecule has 1 N–H and O–H groups in total. The Morgan fingerprint density at radius 2 is 1.82 bits per heavy atom. The van der Waals surface area contributed by atoms with Gasteiger partial charge in [-0.1, -0.05) is 35.9 Å². The monoisotopic (exact) mass is 319 g/mol. The molecule has 0 spiro atoms. The van der Waals surface area contributed by atoms with Gasteiger partial charge >= 0.3 is 0 Å². The molecule has 2 aromatic rings. The number of amides is 1. The van der Waals surface area contributed by atoms with Crippen LogP contribution in [-0.2, 0) is 11.3 Å². The number of hydrogen-bond acceptors (Lipinski definition) is 3. The smallest absolute Gasteiger partial charge is 0.253 e. The summed E-state index contributed by atoms with van der Waals surface area (Å²) in [6.45, 7) is 1.50. The van der Waals surface area contributed by atoms with Crippen molar-refractivity contribution in [1.82, 2.24) is 5.32 Å². The van der Waals surface area contributed by atoms with Gasteiger partial charge in [0.1, 0.15) is 12.4 Å². The molecular weight excluding hydrogens is 302 g/mol. The summed E-state index contributed by atoms with van der Waals surface area (Å²) in [6, 6.07) is 14.5. The van der Waals surface area contributed by atoms with Crippen LogP contribution >= 0.6 is 11.6 Å². The van der Waals surface area contributed by atoms with Gasteiger partial charge in [-0.25, -0.2) is 0 Å². The van der Waals surface area contributed by atoms with Crippen molar-refractivity contribution in [1.29, 1.82) is 0 Å². The molecule has 0 atom stereocenters. The molecule has 0 unspecified atom stereocenters. The Kier molecular flexibility index (Phi) is 6.25. The molecule has 0 fully saturated rings. The number of nitrogens with one attached hydrogen (secondary N) is 1. The maximum Gasteiger partial charge on any atom is 0.253 e. The molecule has 0 saturated heterocycles. The zero-order valence-electron chi connectivity index (χ0n) is 12.3. The first kappa shape index (κ1) is 16.3. The molecule has 4 nitrogen and oxygen atoms in total. The van der Waals surface area contributed by atoms with E-state index in [1.807, 2.05) is 24.3 Å². The highest BCUT2D eigenvalue weighted by Crippen LogP contribution is 2.15. The minimum Gasteiger partial charge on any atom is -0.491 e. The van der Waals surface area contributed by atoms with Gasteiger partial charge < -0.3 is 14.8 Å². The van der Waals surface area contributed by atoms with Gasteiger partial charge in [-0.05, 0) is 29.8 Å². The summed E-state index contributed by atoms with van der Waals surface area (Å²) in [4.78, 5) is 12.0. The van der Waals surface area contributed by atoms with E-state index in [1.165, 1.54) is 0 Å². The second-order valence-corrected chi connectivity index (χ2v) is 5.05. The van der Waals surface area contributed by atoms with Crippen LogP contribution in [0.5, 0.6) is 5.75 Å². The Bertz CT molecular complexity index is 614. The van der Waals surface area contributed by atoms with Crippen LogP contribution in [-0.4, -0.2) is 26.2 Å². The number of hydrogen-bond donors (Lipinski definition) is 1. The third kappa shape index (κ3) is 4.76. The molecular formula is C17H18ClNO3. The van der Waals surface area contributed by atoms with Crippen LogP contribution < -0.4 is 10.1 Å². The first-order chi connectivity index (χ1) is 10.7. The normalized spacial score (nSPS) is 10.3. The standard InChI is InChI=1S/C17H18ClNO3/c1-21-10-11-22-14-8-6-13(7-9-14)12-19-17(20)15-4-2-3-5-16(15)18/h2-9H,10-12H2,1H3,(H,19,20). The van der Waals surface area contributed by atoms with Crippen molar-refractivity contribution in [3.05, 3.63) is 64.7 Å². The fraction of sp³-hybridized carbons (Fsp3) is 0.235. The maximum atomic E-state index is 12.0. The third-order valence-electron chi connectivity index (χ3n) is 3.05. The molecule has 22 heavy (non-hydrogen) atoms. The Balaban J connectivity index is 1.86. The summed E-state index contributed by atoms with van der Waals surface area (Å²) in [6.07, 6.45) is 0. The van der Waals surface area contributed by atoms with Gasteiger partial charge in [-0.3, -0.25) is 4.79 Å². The molecule has 0 aromatic heterocycles. The Morgan fingerprint density at radius 3 is 2.50 bits per heavy atom. The lowest BCUT2D eigenvalue weighted by Gasteiger charge is -2.08. The van der Waals surface area contributed by atoms with Crippen LogP contribution in [0.15, 0.2) is 48.5 Å². The van der Waals surface area contributed by atoms with Gasteiger partial charge in [-0.2, -0.15) is 0 Å². The van der Waals surface area contributed by atoms with Crippen molar-refractivity contribution < 1.29 is 14.3 Å². The lowest BCUT2D eigenvalue weighted by atomic mass is 10.2. The molecule has 0 radical (unpaired) electrons. The van der Waals surface area contributed by atoms with Crippen molar-refractivity contribution in [3.8, 4) is 5.75 Å². The Morgan fingerprint density at radius 1 is 1.09 bits per heavy atom. The number of benzene rings is 2. The number of rotatable bonds is 7. The summed E-state index contributed by atoms with van der Waals surface area (Å²) in [5.74, 6) is 0.587. The van der Waals surface area contributed by atoms with Gasteiger partial charge in [0.05, 0.1) is 17.2 Å². The quantitative estimate of drug-likeness (QED) is 0.797. The van der Waals surface area contributed by atoms with E-state index in [0.717, 1.165) is 11.3 Å². The molecule has 0 aliphatic heterocycles. The number of halogens is 1. The van der Waals surface area contributed by atoms with Crippen LogP contribution in [0.1, 0.15) is 15.9 Å². The zero-order valence-corrected chi connectivity index (χ0v) is 13.1.